The molecule has 20 heavy (non-hydrogen) atoms. The molecule has 0 fully saturated rings. The van der Waals surface area contributed by atoms with E-state index in [-0.39, 0.29) is 17.6 Å². The Kier molecular flexibility index (Phi) is 16.3. The zero-order valence-corrected chi connectivity index (χ0v) is 14.2. The summed E-state index contributed by atoms with van der Waals surface area (Å²) in [7, 11) is 13.0. The van der Waals surface area contributed by atoms with Crippen molar-refractivity contribution >= 4 is 17.6 Å². The van der Waals surface area contributed by atoms with Gasteiger partial charge in [-0.05, 0) is 106 Å². The minimum absolute atomic E-state index is 0. The topological polar surface area (TPSA) is 9.72 Å². The SMILES string of the molecule is CN(C)CCC[C](CCCN(C)C)CCCN(C)C.[GeH4]. The second-order valence-electron chi connectivity index (χ2n) is 6.47. The average Bonchev–Trinajstić information content (AvgIpc) is 2.26. The van der Waals surface area contributed by atoms with Crippen LogP contribution in [0.4, 0.5) is 0 Å². The number of hydrogen-bond acceptors (Lipinski definition) is 3. The fourth-order valence-electron chi connectivity index (χ4n) is 2.31. The van der Waals surface area contributed by atoms with Crippen molar-refractivity contribution in [1.82, 2.24) is 14.7 Å². The molecule has 0 heterocycles. The predicted molar refractivity (Wildman–Crippen MR) is 97.9 cm³/mol. The van der Waals surface area contributed by atoms with E-state index in [0.717, 1.165) is 0 Å². The van der Waals surface area contributed by atoms with Crippen LogP contribution in [0.2, 0.25) is 0 Å². The first-order chi connectivity index (χ1) is 8.91. The van der Waals surface area contributed by atoms with Crippen LogP contribution < -0.4 is 0 Å². The van der Waals surface area contributed by atoms with Gasteiger partial charge in [-0.3, -0.25) is 0 Å². The van der Waals surface area contributed by atoms with Crippen LogP contribution in [0.1, 0.15) is 38.5 Å². The van der Waals surface area contributed by atoms with Gasteiger partial charge in [-0.15, -0.1) is 0 Å². The molecule has 0 N–H and O–H groups in total. The maximum atomic E-state index is 2.29. The van der Waals surface area contributed by atoms with E-state index >= 15 is 0 Å². The van der Waals surface area contributed by atoms with Gasteiger partial charge in [0.15, 0.2) is 0 Å². The van der Waals surface area contributed by atoms with Gasteiger partial charge < -0.3 is 14.7 Å². The van der Waals surface area contributed by atoms with Crippen LogP contribution in [0, 0.1) is 5.92 Å². The average molecular weight is 347 g/mol. The monoisotopic (exact) mass is 348 g/mol. The molecule has 0 saturated heterocycles. The Morgan fingerprint density at radius 3 is 1.00 bits per heavy atom. The number of nitrogens with zero attached hydrogens (tertiary/aromatic N) is 3. The first-order valence-corrected chi connectivity index (χ1v) is 7.69. The Hall–Kier alpha value is 0.423. The molecule has 0 amide bonds. The summed E-state index contributed by atoms with van der Waals surface area (Å²) >= 11 is 0. The Balaban J connectivity index is 0. The molecule has 0 bridgehead atoms. The van der Waals surface area contributed by atoms with Gasteiger partial charge in [0, 0.05) is 0 Å². The van der Waals surface area contributed by atoms with Gasteiger partial charge >= 0.3 is 17.6 Å². The summed E-state index contributed by atoms with van der Waals surface area (Å²) in [5.74, 6) is 1.78. The van der Waals surface area contributed by atoms with E-state index in [1.807, 2.05) is 0 Å². The molecule has 3 nitrogen and oxygen atoms in total. The van der Waals surface area contributed by atoms with Gasteiger partial charge in [0.1, 0.15) is 0 Å². The third kappa shape index (κ3) is 16.5. The Labute approximate surface area is 139 Å². The molecule has 0 spiro atoms. The van der Waals surface area contributed by atoms with Crippen molar-refractivity contribution in [2.45, 2.75) is 38.5 Å². The first kappa shape index (κ1) is 22.7. The molecule has 0 aromatic heterocycles. The molecule has 0 atom stereocenters. The van der Waals surface area contributed by atoms with Crippen LogP contribution in [0.25, 0.3) is 0 Å². The molecular weight excluding hydrogens is 307 g/mol. The summed E-state index contributed by atoms with van der Waals surface area (Å²) in [6, 6.07) is 0. The van der Waals surface area contributed by atoms with Crippen LogP contribution in [0.3, 0.4) is 0 Å². The van der Waals surface area contributed by atoms with Crippen LogP contribution in [-0.2, 0) is 0 Å². The van der Waals surface area contributed by atoms with E-state index in [0.29, 0.717) is 0 Å². The van der Waals surface area contributed by atoms with E-state index in [1.165, 1.54) is 58.2 Å². The van der Waals surface area contributed by atoms with Gasteiger partial charge in [-0.2, -0.15) is 0 Å². The second kappa shape index (κ2) is 14.4. The number of rotatable bonds is 12. The van der Waals surface area contributed by atoms with Crippen LogP contribution in [-0.4, -0.2) is 94.2 Å². The molecule has 4 heteroatoms. The second-order valence-corrected chi connectivity index (χ2v) is 6.47. The number of hydrogen-bond donors (Lipinski definition) is 0. The summed E-state index contributed by atoms with van der Waals surface area (Å²) in [6.07, 6.45) is 7.89. The van der Waals surface area contributed by atoms with Crippen molar-refractivity contribution in [3.05, 3.63) is 5.92 Å². The van der Waals surface area contributed by atoms with Gasteiger partial charge in [0.2, 0.25) is 0 Å². The molecule has 0 aromatic carbocycles. The first-order valence-electron chi connectivity index (χ1n) is 7.69. The van der Waals surface area contributed by atoms with Crippen molar-refractivity contribution < 1.29 is 0 Å². The quantitative estimate of drug-likeness (QED) is 0.490. The molecule has 0 aliphatic carbocycles. The molecule has 0 rings (SSSR count). The van der Waals surface area contributed by atoms with Crippen molar-refractivity contribution in [1.29, 1.82) is 0 Å². The summed E-state index contributed by atoms with van der Waals surface area (Å²) in [5.41, 5.74) is 0. The molecule has 0 saturated carbocycles. The van der Waals surface area contributed by atoms with Crippen molar-refractivity contribution in [2.24, 2.45) is 0 Å². The van der Waals surface area contributed by atoms with E-state index in [4.69, 9.17) is 0 Å². The van der Waals surface area contributed by atoms with Gasteiger partial charge in [-0.25, -0.2) is 0 Å². The van der Waals surface area contributed by atoms with Crippen molar-refractivity contribution in [3.8, 4) is 0 Å². The van der Waals surface area contributed by atoms with E-state index in [2.05, 4.69) is 57.0 Å². The van der Waals surface area contributed by atoms with Gasteiger partial charge in [-0.1, -0.05) is 0 Å². The fourth-order valence-corrected chi connectivity index (χ4v) is 2.31. The molecule has 0 aliphatic heterocycles. The fraction of sp³-hybridized carbons (Fsp3) is 0.938. The van der Waals surface area contributed by atoms with Crippen LogP contribution in [0.15, 0.2) is 0 Å². The Morgan fingerprint density at radius 2 is 0.800 bits per heavy atom. The standard InChI is InChI=1S/C16H36N3.GeH4/c1-17(2)13-7-10-16(11-8-14-18(3)4)12-9-15-19(5)6;/h7-15H2,1-6H3;1H4. The molecule has 0 unspecified atom stereocenters. The maximum absolute atomic E-state index is 2.29. The predicted octanol–water partition coefficient (Wildman–Crippen LogP) is 1.13. The molecular formula is C16H40GeN3. The zero-order chi connectivity index (χ0) is 14.7. The van der Waals surface area contributed by atoms with Crippen LogP contribution in [0.5, 0.6) is 0 Å². The van der Waals surface area contributed by atoms with Crippen LogP contribution >= 0.6 is 0 Å². The summed E-state index contributed by atoms with van der Waals surface area (Å²) in [6.45, 7) is 3.64. The normalized spacial score (nSPS) is 11.7. The summed E-state index contributed by atoms with van der Waals surface area (Å²) in [5, 5.41) is 0. The zero-order valence-electron chi connectivity index (χ0n) is 14.2. The summed E-state index contributed by atoms with van der Waals surface area (Å²) in [4.78, 5) is 6.87. The van der Waals surface area contributed by atoms with E-state index < -0.39 is 0 Å². The molecule has 1 radical (unpaired) electrons. The minimum atomic E-state index is 0. The third-order valence-electron chi connectivity index (χ3n) is 3.41. The van der Waals surface area contributed by atoms with Gasteiger partial charge in [0.05, 0.1) is 0 Å². The Bertz CT molecular complexity index is 163. The summed E-state index contributed by atoms with van der Waals surface area (Å²) < 4.78 is 0. The molecule has 0 aromatic rings. The van der Waals surface area contributed by atoms with Crippen molar-refractivity contribution in [2.75, 3.05) is 61.9 Å². The van der Waals surface area contributed by atoms with Gasteiger partial charge in [0.25, 0.3) is 0 Å². The van der Waals surface area contributed by atoms with Crippen molar-refractivity contribution in [3.63, 3.8) is 0 Å². The Morgan fingerprint density at radius 1 is 0.550 bits per heavy atom. The third-order valence-corrected chi connectivity index (χ3v) is 3.41. The van der Waals surface area contributed by atoms with E-state index in [9.17, 15) is 0 Å². The molecule has 123 valence electrons. The molecule has 0 aliphatic rings. The van der Waals surface area contributed by atoms with E-state index in [1.54, 1.807) is 5.92 Å².